The Labute approximate surface area is 149 Å². The Kier molecular flexibility index (Phi) is 5.46. The van der Waals surface area contributed by atoms with Crippen molar-refractivity contribution in [3.63, 3.8) is 0 Å². The maximum Gasteiger partial charge on any atom is 0.225 e. The molecule has 2 aromatic rings. The summed E-state index contributed by atoms with van der Waals surface area (Å²) in [6, 6.07) is 0. The van der Waals surface area contributed by atoms with Crippen molar-refractivity contribution in [2.75, 3.05) is 13.1 Å². The van der Waals surface area contributed by atoms with E-state index in [-0.39, 0.29) is 17.7 Å². The third kappa shape index (κ3) is 3.72. The van der Waals surface area contributed by atoms with E-state index in [2.05, 4.69) is 33.8 Å². The minimum absolute atomic E-state index is 0.132. The normalized spacial score (nSPS) is 17.9. The second-order valence-electron chi connectivity index (χ2n) is 6.84. The number of nitrogens with zero attached hydrogens (tertiary/aromatic N) is 4. The van der Waals surface area contributed by atoms with Crippen LogP contribution in [0.2, 0.25) is 0 Å². The predicted molar refractivity (Wildman–Crippen MR) is 97.0 cm³/mol. The van der Waals surface area contributed by atoms with E-state index < -0.39 is 0 Å². The van der Waals surface area contributed by atoms with Crippen LogP contribution in [0.5, 0.6) is 0 Å². The first-order valence-corrected chi connectivity index (χ1v) is 9.25. The van der Waals surface area contributed by atoms with Crippen LogP contribution in [-0.4, -0.2) is 43.8 Å². The molecule has 1 fully saturated rings. The van der Waals surface area contributed by atoms with Crippen LogP contribution >= 0.6 is 0 Å². The summed E-state index contributed by atoms with van der Waals surface area (Å²) < 4.78 is 0. The van der Waals surface area contributed by atoms with Crippen LogP contribution in [-0.2, 0) is 4.79 Å². The van der Waals surface area contributed by atoms with Gasteiger partial charge in [-0.25, -0.2) is 9.97 Å². The Morgan fingerprint density at radius 1 is 1.28 bits per heavy atom. The zero-order valence-electron chi connectivity index (χ0n) is 15.3. The van der Waals surface area contributed by atoms with Crippen LogP contribution in [0.3, 0.4) is 0 Å². The molecule has 6 heteroatoms. The van der Waals surface area contributed by atoms with Crippen molar-refractivity contribution in [2.24, 2.45) is 5.92 Å². The maximum absolute atomic E-state index is 12.8. The molecule has 1 N–H and O–H groups in total. The Hall–Kier alpha value is -2.24. The van der Waals surface area contributed by atoms with Crippen LogP contribution in [0.25, 0.3) is 11.5 Å². The van der Waals surface area contributed by atoms with E-state index in [9.17, 15) is 4.79 Å². The lowest BCUT2D eigenvalue weighted by Gasteiger charge is -2.34. The summed E-state index contributed by atoms with van der Waals surface area (Å²) >= 11 is 0. The first kappa shape index (κ1) is 17.6. The molecular weight excluding hydrogens is 314 g/mol. The number of hydrogen-bond donors (Lipinski definition) is 1. The fraction of sp³-hybridized carbons (Fsp3) is 0.579. The SMILES string of the molecule is CCC(CC)C(=O)N1CCC[C@@H](c2nccnc2-c2ncc(C)[nH]2)C1. The molecule has 2 aromatic heterocycles. The third-order valence-corrected chi connectivity index (χ3v) is 5.11. The molecule has 3 heterocycles. The molecule has 6 nitrogen and oxygen atoms in total. The van der Waals surface area contributed by atoms with Gasteiger partial charge in [0.1, 0.15) is 5.69 Å². The fourth-order valence-corrected chi connectivity index (χ4v) is 3.66. The number of piperidine rings is 1. The zero-order chi connectivity index (χ0) is 17.8. The minimum atomic E-state index is 0.132. The minimum Gasteiger partial charge on any atom is -0.342 e. The molecule has 0 radical (unpaired) electrons. The van der Waals surface area contributed by atoms with Crippen LogP contribution in [0.1, 0.15) is 56.8 Å². The number of aromatic amines is 1. The topological polar surface area (TPSA) is 74.8 Å². The largest absolute Gasteiger partial charge is 0.342 e. The lowest BCUT2D eigenvalue weighted by molar-refractivity contribution is -0.137. The molecule has 134 valence electrons. The second-order valence-corrected chi connectivity index (χ2v) is 6.84. The zero-order valence-corrected chi connectivity index (χ0v) is 15.3. The number of carbonyl (C=O) groups is 1. The molecule has 0 bridgehead atoms. The van der Waals surface area contributed by atoms with Gasteiger partial charge in [0, 0.05) is 49.2 Å². The molecule has 1 aliphatic rings. The molecule has 1 amide bonds. The highest BCUT2D eigenvalue weighted by molar-refractivity contribution is 5.79. The molecule has 0 spiro atoms. The molecule has 0 aromatic carbocycles. The lowest BCUT2D eigenvalue weighted by Crippen LogP contribution is -2.42. The number of H-pyrrole nitrogens is 1. The number of nitrogens with one attached hydrogen (secondary N) is 1. The first-order valence-electron chi connectivity index (χ1n) is 9.25. The molecular formula is C19H27N5O. The third-order valence-electron chi connectivity index (χ3n) is 5.11. The average Bonchev–Trinajstić information content (AvgIpc) is 3.09. The molecule has 0 saturated carbocycles. The second kappa shape index (κ2) is 7.76. The fourth-order valence-electron chi connectivity index (χ4n) is 3.66. The summed E-state index contributed by atoms with van der Waals surface area (Å²) in [5.74, 6) is 1.38. The summed E-state index contributed by atoms with van der Waals surface area (Å²) in [4.78, 5) is 31.6. The van der Waals surface area contributed by atoms with E-state index >= 15 is 0 Å². The molecule has 1 aliphatic heterocycles. The van der Waals surface area contributed by atoms with E-state index in [1.807, 2.05) is 11.8 Å². The summed E-state index contributed by atoms with van der Waals surface area (Å²) in [5.41, 5.74) is 2.75. The van der Waals surface area contributed by atoms with E-state index in [1.54, 1.807) is 18.6 Å². The van der Waals surface area contributed by atoms with Gasteiger partial charge < -0.3 is 9.88 Å². The lowest BCUT2D eigenvalue weighted by atomic mass is 9.91. The summed E-state index contributed by atoms with van der Waals surface area (Å²) in [7, 11) is 0. The van der Waals surface area contributed by atoms with Crippen LogP contribution in [0, 0.1) is 12.8 Å². The van der Waals surface area contributed by atoms with Gasteiger partial charge in [0.25, 0.3) is 0 Å². The number of aryl methyl sites for hydroxylation is 1. The molecule has 1 saturated heterocycles. The maximum atomic E-state index is 12.8. The number of aromatic nitrogens is 4. The summed E-state index contributed by atoms with van der Waals surface area (Å²) in [6.45, 7) is 7.73. The average molecular weight is 341 g/mol. The van der Waals surface area contributed by atoms with E-state index in [1.165, 1.54) is 0 Å². The smallest absolute Gasteiger partial charge is 0.225 e. The molecule has 0 aliphatic carbocycles. The van der Waals surface area contributed by atoms with Gasteiger partial charge in [-0.2, -0.15) is 0 Å². The van der Waals surface area contributed by atoms with Gasteiger partial charge in [-0.3, -0.25) is 9.78 Å². The van der Waals surface area contributed by atoms with Crippen LogP contribution in [0.4, 0.5) is 0 Å². The molecule has 1 atom stereocenters. The van der Waals surface area contributed by atoms with Gasteiger partial charge in [0.2, 0.25) is 5.91 Å². The Balaban J connectivity index is 1.84. The molecule has 0 unspecified atom stereocenters. The van der Waals surface area contributed by atoms with Gasteiger partial charge in [-0.1, -0.05) is 13.8 Å². The van der Waals surface area contributed by atoms with Gasteiger partial charge in [-0.15, -0.1) is 0 Å². The van der Waals surface area contributed by atoms with Crippen molar-refractivity contribution in [2.45, 2.75) is 52.4 Å². The van der Waals surface area contributed by atoms with Crippen LogP contribution < -0.4 is 0 Å². The van der Waals surface area contributed by atoms with Gasteiger partial charge in [-0.05, 0) is 32.6 Å². The molecule has 3 rings (SSSR count). The highest BCUT2D eigenvalue weighted by Gasteiger charge is 2.30. The number of rotatable bonds is 5. The Morgan fingerprint density at radius 3 is 2.72 bits per heavy atom. The first-order chi connectivity index (χ1) is 12.1. The number of carbonyl (C=O) groups excluding carboxylic acids is 1. The Morgan fingerprint density at radius 2 is 2.04 bits per heavy atom. The quantitative estimate of drug-likeness (QED) is 0.905. The number of imidazole rings is 1. The molecule has 25 heavy (non-hydrogen) atoms. The number of likely N-dealkylation sites (tertiary alicyclic amines) is 1. The highest BCUT2D eigenvalue weighted by atomic mass is 16.2. The Bertz CT molecular complexity index is 722. The predicted octanol–water partition coefficient (Wildman–Crippen LogP) is 3.32. The van der Waals surface area contributed by atoms with E-state index in [4.69, 9.17) is 0 Å². The van der Waals surface area contributed by atoms with E-state index in [0.717, 1.165) is 61.7 Å². The van der Waals surface area contributed by atoms with Crippen molar-refractivity contribution in [3.8, 4) is 11.5 Å². The van der Waals surface area contributed by atoms with Crippen LogP contribution in [0.15, 0.2) is 18.6 Å². The number of hydrogen-bond acceptors (Lipinski definition) is 4. The monoisotopic (exact) mass is 341 g/mol. The van der Waals surface area contributed by atoms with Crippen molar-refractivity contribution in [1.29, 1.82) is 0 Å². The van der Waals surface area contributed by atoms with Gasteiger partial charge >= 0.3 is 0 Å². The van der Waals surface area contributed by atoms with Crippen molar-refractivity contribution in [1.82, 2.24) is 24.8 Å². The van der Waals surface area contributed by atoms with Crippen molar-refractivity contribution < 1.29 is 4.79 Å². The van der Waals surface area contributed by atoms with Crippen molar-refractivity contribution >= 4 is 5.91 Å². The van der Waals surface area contributed by atoms with E-state index in [0.29, 0.717) is 0 Å². The van der Waals surface area contributed by atoms with Crippen molar-refractivity contribution in [3.05, 3.63) is 30.0 Å². The highest BCUT2D eigenvalue weighted by Crippen LogP contribution is 2.31. The number of amides is 1. The standard InChI is InChI=1S/C19H27N5O/c1-4-14(5-2)19(25)24-10-6-7-15(12-24)16-17(21-9-8-20-16)18-22-11-13(3)23-18/h8-9,11,14-15H,4-7,10,12H2,1-3H3,(H,22,23)/t15-/m1/s1. The summed E-state index contributed by atoms with van der Waals surface area (Å²) in [6.07, 6.45) is 9.07. The summed E-state index contributed by atoms with van der Waals surface area (Å²) in [5, 5.41) is 0. The van der Waals surface area contributed by atoms with Gasteiger partial charge in [0.15, 0.2) is 5.82 Å². The van der Waals surface area contributed by atoms with Gasteiger partial charge in [0.05, 0.1) is 5.69 Å².